The molecule has 1 aliphatic carbocycles. The number of aliphatic carboxylic acids is 1. The van der Waals surface area contributed by atoms with Crippen molar-refractivity contribution in [1.82, 2.24) is 0 Å². The van der Waals surface area contributed by atoms with E-state index in [1.165, 1.54) is 0 Å². The standard InChI is InChI=1S/C14H11Cl2NO3/c15-9-5-6-11-14(16,20-11)13(9)17-10-4-2-1-3-8(10)7-12(18)19/h1-5,11H,6-7H2,(H,18,19). The molecule has 20 heavy (non-hydrogen) atoms. The summed E-state index contributed by atoms with van der Waals surface area (Å²) < 4.78 is 5.42. The summed E-state index contributed by atoms with van der Waals surface area (Å²) in [6.07, 6.45) is 2.28. The highest BCUT2D eigenvalue weighted by molar-refractivity contribution is 6.52. The van der Waals surface area contributed by atoms with Crippen LogP contribution in [0, 0.1) is 0 Å². The van der Waals surface area contributed by atoms with Crippen molar-refractivity contribution in [2.45, 2.75) is 24.0 Å². The fourth-order valence-corrected chi connectivity index (χ4v) is 2.89. The van der Waals surface area contributed by atoms with Crippen LogP contribution in [0.1, 0.15) is 12.0 Å². The number of nitrogens with zero attached hydrogens (tertiary/aromatic N) is 1. The van der Waals surface area contributed by atoms with E-state index in [2.05, 4.69) is 4.99 Å². The first kappa shape index (κ1) is 13.6. The molecule has 1 heterocycles. The Kier molecular flexibility index (Phi) is 3.32. The lowest BCUT2D eigenvalue weighted by atomic mass is 10.0. The van der Waals surface area contributed by atoms with Crippen molar-refractivity contribution >= 4 is 40.6 Å². The van der Waals surface area contributed by atoms with Crippen LogP contribution in [0.4, 0.5) is 5.69 Å². The van der Waals surface area contributed by atoms with Gasteiger partial charge in [0.15, 0.2) is 0 Å². The predicted octanol–water partition coefficient (Wildman–Crippen LogP) is 3.25. The van der Waals surface area contributed by atoms with E-state index in [0.717, 1.165) is 0 Å². The van der Waals surface area contributed by atoms with E-state index in [0.29, 0.717) is 28.4 Å². The molecule has 4 nitrogen and oxygen atoms in total. The number of para-hydroxylation sites is 1. The Balaban J connectivity index is 2.01. The van der Waals surface area contributed by atoms with Crippen LogP contribution in [-0.4, -0.2) is 28.0 Å². The van der Waals surface area contributed by atoms with Crippen molar-refractivity contribution in [2.24, 2.45) is 4.99 Å². The molecule has 1 saturated heterocycles. The van der Waals surface area contributed by atoms with Crippen molar-refractivity contribution in [3.05, 3.63) is 40.9 Å². The van der Waals surface area contributed by atoms with E-state index < -0.39 is 11.0 Å². The maximum Gasteiger partial charge on any atom is 0.307 e. The largest absolute Gasteiger partial charge is 0.481 e. The normalized spacial score (nSPS) is 29.8. The Morgan fingerprint density at radius 1 is 1.50 bits per heavy atom. The van der Waals surface area contributed by atoms with Crippen molar-refractivity contribution < 1.29 is 14.6 Å². The van der Waals surface area contributed by atoms with E-state index in [4.69, 9.17) is 33.0 Å². The number of halogens is 2. The molecule has 104 valence electrons. The van der Waals surface area contributed by atoms with E-state index >= 15 is 0 Å². The van der Waals surface area contributed by atoms with Gasteiger partial charge in [0.05, 0.1) is 17.1 Å². The molecule has 6 heteroatoms. The van der Waals surface area contributed by atoms with Crippen molar-refractivity contribution in [3.63, 3.8) is 0 Å². The van der Waals surface area contributed by atoms with Gasteiger partial charge in [-0.1, -0.05) is 47.5 Å². The van der Waals surface area contributed by atoms with Gasteiger partial charge in [0.2, 0.25) is 5.06 Å². The van der Waals surface area contributed by atoms with Crippen LogP contribution >= 0.6 is 23.2 Å². The number of epoxide rings is 1. The molecule has 1 fully saturated rings. The fraction of sp³-hybridized carbons (Fsp3) is 0.286. The average Bonchev–Trinajstić information content (AvgIpc) is 3.07. The van der Waals surface area contributed by atoms with Crippen LogP contribution < -0.4 is 0 Å². The molecule has 1 N–H and O–H groups in total. The second-order valence-electron chi connectivity index (χ2n) is 4.70. The Morgan fingerprint density at radius 2 is 2.25 bits per heavy atom. The minimum absolute atomic E-state index is 0.1000. The van der Waals surface area contributed by atoms with E-state index in [1.54, 1.807) is 24.3 Å². The monoisotopic (exact) mass is 311 g/mol. The van der Waals surface area contributed by atoms with Gasteiger partial charge < -0.3 is 9.84 Å². The van der Waals surface area contributed by atoms with E-state index in [-0.39, 0.29) is 12.5 Å². The second-order valence-corrected chi connectivity index (χ2v) is 5.67. The Hall–Kier alpha value is -1.36. The Bertz CT molecular complexity index is 641. The highest BCUT2D eigenvalue weighted by Gasteiger charge is 2.61. The van der Waals surface area contributed by atoms with Gasteiger partial charge >= 0.3 is 5.97 Å². The van der Waals surface area contributed by atoms with Crippen molar-refractivity contribution in [3.8, 4) is 0 Å². The Labute approximate surface area is 125 Å². The summed E-state index contributed by atoms with van der Waals surface area (Å²) in [5, 5.41) is 8.42. The lowest BCUT2D eigenvalue weighted by Gasteiger charge is -2.13. The van der Waals surface area contributed by atoms with Crippen LogP contribution in [0.3, 0.4) is 0 Å². The molecule has 0 spiro atoms. The number of hydrogen-bond acceptors (Lipinski definition) is 3. The third kappa shape index (κ3) is 2.35. The SMILES string of the molecule is O=C(O)Cc1ccccc1N=C1C(Cl)=CCC2OC12Cl. The van der Waals surface area contributed by atoms with Gasteiger partial charge in [-0.25, -0.2) is 4.99 Å². The second kappa shape index (κ2) is 4.88. The van der Waals surface area contributed by atoms with Crippen molar-refractivity contribution in [1.29, 1.82) is 0 Å². The smallest absolute Gasteiger partial charge is 0.307 e. The number of ether oxygens (including phenoxy) is 1. The molecule has 0 bridgehead atoms. The first-order chi connectivity index (χ1) is 9.50. The summed E-state index contributed by atoms with van der Waals surface area (Å²) in [5.41, 5.74) is 1.61. The minimum atomic E-state index is -0.956. The number of rotatable bonds is 3. The first-order valence-corrected chi connectivity index (χ1v) is 6.88. The van der Waals surface area contributed by atoms with Crippen LogP contribution in [0.5, 0.6) is 0 Å². The van der Waals surface area contributed by atoms with Gasteiger partial charge in [0.25, 0.3) is 0 Å². The van der Waals surface area contributed by atoms with Crippen LogP contribution in [0.25, 0.3) is 0 Å². The summed E-state index contributed by atoms with van der Waals surface area (Å²) in [6.45, 7) is 0. The zero-order valence-corrected chi connectivity index (χ0v) is 11.9. The van der Waals surface area contributed by atoms with E-state index in [1.807, 2.05) is 6.08 Å². The topological polar surface area (TPSA) is 62.2 Å². The molecule has 1 aromatic carbocycles. The van der Waals surface area contributed by atoms with Crippen LogP contribution in [-0.2, 0) is 16.0 Å². The molecule has 0 saturated carbocycles. The molecule has 0 amide bonds. The summed E-state index contributed by atoms with van der Waals surface area (Å²) in [4.78, 5) is 15.3. The van der Waals surface area contributed by atoms with E-state index in [9.17, 15) is 4.79 Å². The number of benzene rings is 1. The number of carboxylic acids is 1. The minimum Gasteiger partial charge on any atom is -0.481 e. The molecular formula is C14H11Cl2NO3. The third-order valence-corrected chi connectivity index (χ3v) is 4.14. The molecule has 2 unspecified atom stereocenters. The maximum atomic E-state index is 10.9. The number of hydrogen-bond donors (Lipinski definition) is 1. The highest BCUT2D eigenvalue weighted by Crippen LogP contribution is 2.50. The van der Waals surface area contributed by atoms with Gasteiger partial charge in [-0.05, 0) is 18.1 Å². The lowest BCUT2D eigenvalue weighted by Crippen LogP contribution is -2.24. The maximum absolute atomic E-state index is 10.9. The molecule has 1 aliphatic heterocycles. The molecule has 0 aromatic heterocycles. The predicted molar refractivity (Wildman–Crippen MR) is 76.9 cm³/mol. The van der Waals surface area contributed by atoms with Gasteiger partial charge in [-0.15, -0.1) is 0 Å². The number of alkyl halides is 1. The zero-order chi connectivity index (χ0) is 14.3. The molecule has 3 rings (SSSR count). The molecule has 1 aromatic rings. The first-order valence-electron chi connectivity index (χ1n) is 6.12. The summed E-state index contributed by atoms with van der Waals surface area (Å²) in [7, 11) is 0. The van der Waals surface area contributed by atoms with Gasteiger partial charge in [-0.2, -0.15) is 0 Å². The molecule has 0 radical (unpaired) electrons. The number of fused-ring (bicyclic) bond motifs is 1. The summed E-state index contributed by atoms with van der Waals surface area (Å²) in [6, 6.07) is 7.02. The molecule has 2 atom stereocenters. The van der Waals surface area contributed by atoms with Gasteiger partial charge in [0.1, 0.15) is 11.8 Å². The van der Waals surface area contributed by atoms with Crippen LogP contribution in [0.15, 0.2) is 40.4 Å². The quantitative estimate of drug-likeness (QED) is 0.688. The fourth-order valence-electron chi connectivity index (χ4n) is 2.23. The number of aliphatic imine (C=N–C) groups is 1. The third-order valence-electron chi connectivity index (χ3n) is 3.30. The molecule has 2 aliphatic rings. The summed E-state index contributed by atoms with van der Waals surface area (Å²) in [5.74, 6) is -0.913. The lowest BCUT2D eigenvalue weighted by molar-refractivity contribution is -0.136. The van der Waals surface area contributed by atoms with Crippen LogP contribution in [0.2, 0.25) is 0 Å². The zero-order valence-electron chi connectivity index (χ0n) is 10.3. The average molecular weight is 312 g/mol. The van der Waals surface area contributed by atoms with Gasteiger partial charge in [0, 0.05) is 0 Å². The Morgan fingerprint density at radius 3 is 3.00 bits per heavy atom. The van der Waals surface area contributed by atoms with Gasteiger partial charge in [-0.3, -0.25) is 4.79 Å². The molecular weight excluding hydrogens is 301 g/mol. The number of carboxylic acid groups (broad SMARTS) is 1. The summed E-state index contributed by atoms with van der Waals surface area (Å²) >= 11 is 12.5. The van der Waals surface area contributed by atoms with Crippen molar-refractivity contribution in [2.75, 3.05) is 0 Å². The number of carbonyl (C=O) groups is 1. The highest BCUT2D eigenvalue weighted by atomic mass is 35.5.